The Labute approximate surface area is 479 Å². The third-order valence-electron chi connectivity index (χ3n) is 16.5. The molecule has 2 aliphatic carbocycles. The molecule has 422 valence electrons. The number of ketones is 1. The maximum Gasteiger partial charge on any atom is 0.256 e. The molecular weight excluding hydrogens is 985 g/mol. The highest BCUT2D eigenvalue weighted by molar-refractivity contribution is 6.40. The van der Waals surface area contributed by atoms with Crippen LogP contribution in [0, 0.1) is 53.4 Å². The molecule has 0 aromatic heterocycles. The molecule has 2 aliphatic rings. The van der Waals surface area contributed by atoms with Crippen LogP contribution in [-0.2, 0) is 17.6 Å². The SMILES string of the molecule is CCCCc1ccc(N(CC(CC)CCCC)c2ccc(C3=C(O)/C(=C4/C=CC(=[N+](CC(CC)CCCC)c5ccc(CCCC)cc5)C=C4NC(=O)c4c(C)cc(C)cc4C)C3=O)c(NC(=O)c3c(C)cc(C)cc3C)c2)cc1. The lowest BCUT2D eigenvalue weighted by Crippen LogP contribution is -2.32. The second kappa shape index (κ2) is 28.4. The molecule has 5 aromatic carbocycles. The number of aliphatic hydroxyl groups excluding tert-OH is 1. The van der Waals surface area contributed by atoms with Crippen molar-refractivity contribution in [2.45, 2.75) is 173 Å². The Hall–Kier alpha value is -7.06. The fourth-order valence-electron chi connectivity index (χ4n) is 11.9. The average Bonchev–Trinajstić information content (AvgIpc) is 3.56. The van der Waals surface area contributed by atoms with Crippen LogP contribution in [0.1, 0.15) is 189 Å². The summed E-state index contributed by atoms with van der Waals surface area (Å²) in [5, 5.41) is 19.1. The number of Topliss-reactive ketones (excluding diaryl/α,β-unsaturated/α-hetero) is 1. The monoisotopic (exact) mass is 1080 g/mol. The lowest BCUT2D eigenvalue weighted by atomic mass is 9.78. The van der Waals surface area contributed by atoms with E-state index in [2.05, 4.69) is 110 Å². The van der Waals surface area contributed by atoms with E-state index in [0.717, 1.165) is 159 Å². The molecule has 2 amide bonds. The van der Waals surface area contributed by atoms with Gasteiger partial charge >= 0.3 is 0 Å². The molecule has 0 radical (unpaired) electrons. The van der Waals surface area contributed by atoms with Gasteiger partial charge in [-0.1, -0.05) is 146 Å². The van der Waals surface area contributed by atoms with Crippen LogP contribution in [0.5, 0.6) is 0 Å². The van der Waals surface area contributed by atoms with E-state index in [1.54, 1.807) is 0 Å². The Kier molecular flexibility index (Phi) is 21.5. The van der Waals surface area contributed by atoms with Gasteiger partial charge in [0, 0.05) is 70.4 Å². The van der Waals surface area contributed by atoms with Crippen LogP contribution in [-0.4, -0.2) is 46.1 Å². The molecule has 0 fully saturated rings. The van der Waals surface area contributed by atoms with Crippen molar-refractivity contribution >= 4 is 51.6 Å². The summed E-state index contributed by atoms with van der Waals surface area (Å²) < 4.78 is 2.34. The zero-order valence-corrected chi connectivity index (χ0v) is 50.4. The van der Waals surface area contributed by atoms with E-state index in [0.29, 0.717) is 45.5 Å². The quantitative estimate of drug-likeness (QED) is 0.0378. The number of benzene rings is 5. The van der Waals surface area contributed by atoms with E-state index < -0.39 is 0 Å². The van der Waals surface area contributed by atoms with Gasteiger partial charge in [-0.3, -0.25) is 14.4 Å². The zero-order valence-electron chi connectivity index (χ0n) is 50.4. The number of carbonyl (C=O) groups is 3. The molecule has 2 atom stereocenters. The Morgan fingerprint density at radius 1 is 0.575 bits per heavy atom. The van der Waals surface area contributed by atoms with Crippen molar-refractivity contribution in [3.63, 3.8) is 0 Å². The lowest BCUT2D eigenvalue weighted by molar-refractivity contribution is -0.448. The molecule has 2 unspecified atom stereocenters. The van der Waals surface area contributed by atoms with Gasteiger partial charge in [0.25, 0.3) is 11.8 Å². The highest BCUT2D eigenvalue weighted by Gasteiger charge is 2.40. The summed E-state index contributed by atoms with van der Waals surface area (Å²) in [5.41, 5.74) is 15.0. The minimum Gasteiger partial charge on any atom is -0.506 e. The lowest BCUT2D eigenvalue weighted by Gasteiger charge is -2.31. The van der Waals surface area contributed by atoms with Crippen LogP contribution in [0.25, 0.3) is 5.57 Å². The van der Waals surface area contributed by atoms with Gasteiger partial charge < -0.3 is 20.6 Å². The molecular formula is C72H91N4O4+. The molecule has 0 saturated heterocycles. The van der Waals surface area contributed by atoms with Gasteiger partial charge in [-0.2, -0.15) is 4.58 Å². The van der Waals surface area contributed by atoms with E-state index in [4.69, 9.17) is 0 Å². The van der Waals surface area contributed by atoms with Crippen molar-refractivity contribution in [2.24, 2.45) is 11.8 Å². The molecule has 8 heteroatoms. The van der Waals surface area contributed by atoms with Gasteiger partial charge in [0.2, 0.25) is 17.2 Å². The predicted molar refractivity (Wildman–Crippen MR) is 335 cm³/mol. The summed E-state index contributed by atoms with van der Waals surface area (Å²) in [7, 11) is 0. The number of aliphatic hydroxyl groups is 1. The standard InChI is InChI=1S/C72H90N4O4/c1-13-19-23-53(17-5)45-75(57-31-27-55(28-32-57)25-21-15-3)59-35-37-61(63(43-59)73-71(79)65-49(9)39-47(7)40-50(65)10)67-69(77)68(70(67)78)62-38-36-60(44-64(62)74-72(80)66-51(11)41-48(8)42-52(66)12)76(46-54(18-6)24-20-14-2)58-33-29-56(30-34-58)26-22-16-4/h27-44,53-54H,13-26,45-46H2,1-12H3,(H2,73,74,77,78,79,80)/p+1. The maximum absolute atomic E-state index is 15.2. The molecule has 7 rings (SSSR count). The molecule has 0 heterocycles. The highest BCUT2D eigenvalue weighted by Crippen LogP contribution is 2.44. The van der Waals surface area contributed by atoms with Crippen LogP contribution < -0.4 is 15.5 Å². The van der Waals surface area contributed by atoms with E-state index in [1.807, 2.05) is 102 Å². The smallest absolute Gasteiger partial charge is 0.256 e. The minimum absolute atomic E-state index is 0.110. The van der Waals surface area contributed by atoms with Crippen molar-refractivity contribution in [3.8, 4) is 0 Å². The summed E-state index contributed by atoms with van der Waals surface area (Å²) >= 11 is 0. The third-order valence-corrected chi connectivity index (χ3v) is 16.5. The van der Waals surface area contributed by atoms with Gasteiger partial charge in [0.1, 0.15) is 5.76 Å². The number of nitrogens with one attached hydrogen (secondary N) is 2. The Balaban J connectivity index is 1.41. The number of carbonyl (C=O) groups excluding carboxylic acids is 3. The van der Waals surface area contributed by atoms with Gasteiger partial charge in [-0.05, 0) is 162 Å². The van der Waals surface area contributed by atoms with Crippen molar-refractivity contribution in [1.82, 2.24) is 5.32 Å². The molecule has 0 bridgehead atoms. The fraction of sp³-hybridized carbons (Fsp3) is 0.417. The first-order valence-electron chi connectivity index (χ1n) is 30.2. The van der Waals surface area contributed by atoms with Crippen molar-refractivity contribution < 1.29 is 24.1 Å². The number of aryl methyl sites for hydroxylation is 8. The number of hydrogen-bond donors (Lipinski definition) is 3. The normalized spacial score (nSPS) is 15.6. The summed E-state index contributed by atoms with van der Waals surface area (Å²) in [6, 6.07) is 31.6. The summed E-state index contributed by atoms with van der Waals surface area (Å²) in [4.78, 5) is 47.0. The van der Waals surface area contributed by atoms with E-state index in [-0.39, 0.29) is 34.5 Å². The Morgan fingerprint density at radius 3 is 1.59 bits per heavy atom. The van der Waals surface area contributed by atoms with E-state index in [9.17, 15) is 14.7 Å². The van der Waals surface area contributed by atoms with Crippen LogP contribution in [0.2, 0.25) is 0 Å². The van der Waals surface area contributed by atoms with Gasteiger partial charge in [0.15, 0.2) is 6.54 Å². The number of anilines is 3. The summed E-state index contributed by atoms with van der Waals surface area (Å²) in [6.45, 7) is 26.8. The number of allylic oxidation sites excluding steroid dienone is 5. The van der Waals surface area contributed by atoms with Crippen molar-refractivity contribution in [3.05, 3.63) is 193 Å². The maximum atomic E-state index is 15.2. The van der Waals surface area contributed by atoms with Gasteiger partial charge in [0.05, 0.1) is 22.5 Å². The van der Waals surface area contributed by atoms with Gasteiger partial charge in [-0.25, -0.2) is 0 Å². The zero-order chi connectivity index (χ0) is 57.6. The fourth-order valence-corrected chi connectivity index (χ4v) is 11.9. The summed E-state index contributed by atoms with van der Waals surface area (Å²) in [6.07, 6.45) is 21.1. The number of rotatable bonds is 26. The van der Waals surface area contributed by atoms with Crippen molar-refractivity contribution in [2.75, 3.05) is 23.3 Å². The molecule has 0 saturated carbocycles. The van der Waals surface area contributed by atoms with E-state index >= 15 is 4.79 Å². The average molecular weight is 1080 g/mol. The Morgan fingerprint density at radius 2 is 1.07 bits per heavy atom. The number of hydrogen-bond acceptors (Lipinski definition) is 5. The minimum atomic E-state index is -0.380. The van der Waals surface area contributed by atoms with Crippen LogP contribution in [0.4, 0.5) is 22.7 Å². The topological polar surface area (TPSA) is 102 Å². The van der Waals surface area contributed by atoms with Gasteiger partial charge in [-0.15, -0.1) is 0 Å². The first-order valence-corrected chi connectivity index (χ1v) is 30.2. The van der Waals surface area contributed by atoms with Crippen LogP contribution >= 0.6 is 0 Å². The number of amides is 2. The van der Waals surface area contributed by atoms with Crippen molar-refractivity contribution in [1.29, 1.82) is 0 Å². The second-order valence-electron chi connectivity index (χ2n) is 22.9. The molecule has 3 N–H and O–H groups in total. The molecule has 5 aromatic rings. The molecule has 0 aliphatic heterocycles. The number of nitrogens with zero attached hydrogens (tertiary/aromatic N) is 2. The first-order chi connectivity index (χ1) is 38.5. The highest BCUT2D eigenvalue weighted by atomic mass is 16.3. The van der Waals surface area contributed by atoms with E-state index in [1.165, 1.54) is 11.1 Å². The summed E-state index contributed by atoms with van der Waals surface area (Å²) in [5.74, 6) is -0.327. The Bertz CT molecular complexity index is 3160. The number of unbranched alkanes of at least 4 members (excludes halogenated alkanes) is 4. The molecule has 0 spiro atoms. The largest absolute Gasteiger partial charge is 0.506 e. The van der Waals surface area contributed by atoms with Crippen LogP contribution in [0.3, 0.4) is 0 Å². The predicted octanol–water partition coefficient (Wildman–Crippen LogP) is 17.9. The molecule has 80 heavy (non-hydrogen) atoms. The van der Waals surface area contributed by atoms with Crippen LogP contribution in [0.15, 0.2) is 132 Å². The molecule has 8 nitrogen and oxygen atoms in total. The first kappa shape index (κ1) is 60.6. The third kappa shape index (κ3) is 14.5. The second-order valence-corrected chi connectivity index (χ2v) is 22.9.